The van der Waals surface area contributed by atoms with Crippen molar-refractivity contribution in [1.82, 2.24) is 14.9 Å². The van der Waals surface area contributed by atoms with Gasteiger partial charge >= 0.3 is 5.97 Å². The second-order valence-electron chi connectivity index (χ2n) is 6.29. The van der Waals surface area contributed by atoms with Crippen LogP contribution in [0.2, 0.25) is 0 Å². The number of nitrogens with zero attached hydrogens (tertiary/aromatic N) is 1. The summed E-state index contributed by atoms with van der Waals surface area (Å²) in [6.07, 6.45) is 1.92. The number of rotatable bonds is 8. The number of nitrogens with one attached hydrogen (secondary N) is 2. The zero-order valence-corrected chi connectivity index (χ0v) is 16.1. The SMILES string of the molecule is C=CC(=O)NCCNC(=O)C1CCN(S(=O)(=O)c2ccc(C(=O)O)cc2)CC1. The molecule has 1 aromatic carbocycles. The van der Waals surface area contributed by atoms with Gasteiger partial charge in [-0.2, -0.15) is 4.31 Å². The van der Waals surface area contributed by atoms with Gasteiger partial charge in [0.25, 0.3) is 0 Å². The zero-order chi connectivity index (χ0) is 20.7. The molecule has 0 radical (unpaired) electrons. The molecule has 2 rings (SSSR count). The van der Waals surface area contributed by atoms with E-state index in [0.717, 1.165) is 6.08 Å². The number of carbonyl (C=O) groups is 3. The van der Waals surface area contributed by atoms with E-state index >= 15 is 0 Å². The van der Waals surface area contributed by atoms with Crippen LogP contribution in [0.1, 0.15) is 23.2 Å². The molecule has 0 spiro atoms. The van der Waals surface area contributed by atoms with E-state index in [0.29, 0.717) is 12.8 Å². The summed E-state index contributed by atoms with van der Waals surface area (Å²) in [5, 5.41) is 14.2. The third-order valence-corrected chi connectivity index (χ3v) is 6.39. The average Bonchev–Trinajstić information content (AvgIpc) is 2.70. The Morgan fingerprint density at radius 2 is 1.68 bits per heavy atom. The van der Waals surface area contributed by atoms with E-state index in [1.165, 1.54) is 28.6 Å². The number of amides is 2. The van der Waals surface area contributed by atoms with Crippen LogP contribution in [0.25, 0.3) is 0 Å². The Bertz CT molecular complexity index is 843. The van der Waals surface area contributed by atoms with Crippen LogP contribution >= 0.6 is 0 Å². The Labute approximate surface area is 163 Å². The normalized spacial score (nSPS) is 15.6. The zero-order valence-electron chi connectivity index (χ0n) is 15.3. The first-order chi connectivity index (χ1) is 13.3. The molecule has 0 bridgehead atoms. The lowest BCUT2D eigenvalue weighted by Crippen LogP contribution is -2.44. The summed E-state index contributed by atoms with van der Waals surface area (Å²) in [6, 6.07) is 5.05. The van der Waals surface area contributed by atoms with Crippen molar-refractivity contribution < 1.29 is 27.9 Å². The Balaban J connectivity index is 1.86. The molecule has 1 fully saturated rings. The van der Waals surface area contributed by atoms with Gasteiger partial charge in [0.05, 0.1) is 10.5 Å². The van der Waals surface area contributed by atoms with Crippen molar-refractivity contribution >= 4 is 27.8 Å². The minimum Gasteiger partial charge on any atom is -0.478 e. The van der Waals surface area contributed by atoms with Crippen molar-refractivity contribution in [3.05, 3.63) is 42.5 Å². The largest absolute Gasteiger partial charge is 0.478 e. The van der Waals surface area contributed by atoms with Gasteiger partial charge in [-0.3, -0.25) is 9.59 Å². The summed E-state index contributed by atoms with van der Waals surface area (Å²) in [5.41, 5.74) is 0.0126. The van der Waals surface area contributed by atoms with Crippen LogP contribution in [0.5, 0.6) is 0 Å². The third-order valence-electron chi connectivity index (χ3n) is 4.47. The molecule has 0 atom stereocenters. The molecule has 1 saturated heterocycles. The van der Waals surface area contributed by atoms with Crippen molar-refractivity contribution in [3.8, 4) is 0 Å². The number of sulfonamides is 1. The minimum absolute atomic E-state index is 0.0126. The van der Waals surface area contributed by atoms with Crippen molar-refractivity contribution in [2.45, 2.75) is 17.7 Å². The first-order valence-corrected chi connectivity index (χ1v) is 10.2. The number of carboxylic acid groups (broad SMARTS) is 1. The monoisotopic (exact) mass is 409 g/mol. The van der Waals surface area contributed by atoms with E-state index in [1.807, 2.05) is 0 Å². The van der Waals surface area contributed by atoms with Gasteiger partial charge in [-0.1, -0.05) is 6.58 Å². The molecular weight excluding hydrogens is 386 g/mol. The van der Waals surface area contributed by atoms with Gasteiger partial charge in [0.1, 0.15) is 0 Å². The van der Waals surface area contributed by atoms with E-state index in [2.05, 4.69) is 17.2 Å². The fraction of sp³-hybridized carbons (Fsp3) is 0.389. The first-order valence-electron chi connectivity index (χ1n) is 8.77. The molecule has 0 aliphatic carbocycles. The highest BCUT2D eigenvalue weighted by atomic mass is 32.2. The maximum absolute atomic E-state index is 12.7. The van der Waals surface area contributed by atoms with E-state index in [1.54, 1.807) is 0 Å². The predicted octanol–water partition coefficient (Wildman–Crippen LogP) is 0.204. The Morgan fingerprint density at radius 1 is 1.11 bits per heavy atom. The molecule has 0 aromatic heterocycles. The molecule has 1 heterocycles. The Morgan fingerprint density at radius 3 is 2.21 bits per heavy atom. The van der Waals surface area contributed by atoms with E-state index in [-0.39, 0.29) is 54.4 Å². The van der Waals surface area contributed by atoms with Gasteiger partial charge in [-0.15, -0.1) is 0 Å². The van der Waals surface area contributed by atoms with Crippen LogP contribution in [0, 0.1) is 5.92 Å². The highest BCUT2D eigenvalue weighted by molar-refractivity contribution is 7.89. The number of carbonyl (C=O) groups excluding carboxylic acids is 2. The topological polar surface area (TPSA) is 133 Å². The van der Waals surface area contributed by atoms with Gasteiger partial charge in [0, 0.05) is 32.1 Å². The molecule has 1 aliphatic rings. The second-order valence-corrected chi connectivity index (χ2v) is 8.23. The van der Waals surface area contributed by atoms with Crippen LogP contribution in [0.3, 0.4) is 0 Å². The number of hydrogen-bond acceptors (Lipinski definition) is 5. The fourth-order valence-electron chi connectivity index (χ4n) is 2.86. The predicted molar refractivity (Wildman–Crippen MR) is 101 cm³/mol. The van der Waals surface area contributed by atoms with Crippen molar-refractivity contribution in [2.75, 3.05) is 26.2 Å². The summed E-state index contributed by atoms with van der Waals surface area (Å²) in [7, 11) is -3.74. The van der Waals surface area contributed by atoms with Gasteiger partial charge in [0.2, 0.25) is 21.8 Å². The molecule has 1 aromatic rings. The van der Waals surface area contributed by atoms with Gasteiger partial charge in [-0.05, 0) is 43.2 Å². The number of aromatic carboxylic acids is 1. The summed E-state index contributed by atoms with van der Waals surface area (Å²) in [6.45, 7) is 4.31. The van der Waals surface area contributed by atoms with E-state index in [4.69, 9.17) is 5.11 Å². The lowest BCUT2D eigenvalue weighted by Gasteiger charge is -2.30. The quantitative estimate of drug-likeness (QED) is 0.415. The molecule has 0 unspecified atom stereocenters. The summed E-state index contributed by atoms with van der Waals surface area (Å²) in [5.74, 6) is -1.91. The van der Waals surface area contributed by atoms with Gasteiger partial charge in [-0.25, -0.2) is 13.2 Å². The molecule has 10 heteroatoms. The first kappa shape index (κ1) is 21.6. The average molecular weight is 409 g/mol. The molecular formula is C18H23N3O6S. The highest BCUT2D eigenvalue weighted by Gasteiger charge is 2.32. The smallest absolute Gasteiger partial charge is 0.335 e. The van der Waals surface area contributed by atoms with Crippen LogP contribution in [-0.2, 0) is 19.6 Å². The van der Waals surface area contributed by atoms with Gasteiger partial charge in [0.15, 0.2) is 0 Å². The molecule has 3 N–H and O–H groups in total. The number of carboxylic acids is 1. The van der Waals surface area contributed by atoms with Crippen LogP contribution < -0.4 is 10.6 Å². The van der Waals surface area contributed by atoms with Crippen LogP contribution in [0.15, 0.2) is 41.8 Å². The van der Waals surface area contributed by atoms with Crippen LogP contribution in [-0.4, -0.2) is 61.8 Å². The molecule has 0 saturated carbocycles. The van der Waals surface area contributed by atoms with Crippen molar-refractivity contribution in [3.63, 3.8) is 0 Å². The van der Waals surface area contributed by atoms with E-state index < -0.39 is 16.0 Å². The molecule has 152 valence electrons. The Kier molecular flexibility index (Phi) is 7.30. The molecule has 2 amide bonds. The van der Waals surface area contributed by atoms with Crippen molar-refractivity contribution in [1.29, 1.82) is 0 Å². The van der Waals surface area contributed by atoms with Gasteiger partial charge < -0.3 is 15.7 Å². The lowest BCUT2D eigenvalue weighted by atomic mass is 9.97. The number of hydrogen-bond donors (Lipinski definition) is 3. The summed E-state index contributed by atoms with van der Waals surface area (Å²) < 4.78 is 26.7. The van der Waals surface area contributed by atoms with Crippen molar-refractivity contribution in [2.24, 2.45) is 5.92 Å². The lowest BCUT2D eigenvalue weighted by molar-refractivity contribution is -0.126. The second kappa shape index (κ2) is 9.47. The summed E-state index contributed by atoms with van der Waals surface area (Å²) in [4.78, 5) is 34.1. The molecule has 28 heavy (non-hydrogen) atoms. The summed E-state index contributed by atoms with van der Waals surface area (Å²) >= 11 is 0. The maximum atomic E-state index is 12.7. The maximum Gasteiger partial charge on any atom is 0.335 e. The standard InChI is InChI=1S/C18H23N3O6S/c1-2-16(22)19-9-10-20-17(23)13-7-11-21(12-8-13)28(26,27)15-5-3-14(4-6-15)18(24)25/h2-6,13H,1,7-12H2,(H,19,22)(H,20,23)(H,24,25). The Hall–Kier alpha value is -2.72. The minimum atomic E-state index is -3.74. The molecule has 9 nitrogen and oxygen atoms in total. The fourth-order valence-corrected chi connectivity index (χ4v) is 4.33. The number of benzene rings is 1. The molecule has 1 aliphatic heterocycles. The van der Waals surface area contributed by atoms with E-state index in [9.17, 15) is 22.8 Å². The number of piperidine rings is 1. The highest BCUT2D eigenvalue weighted by Crippen LogP contribution is 2.24. The van der Waals surface area contributed by atoms with Crippen LogP contribution in [0.4, 0.5) is 0 Å². The third kappa shape index (κ3) is 5.40.